The Hall–Kier alpha value is -2.41. The van der Waals surface area contributed by atoms with Crippen LogP contribution in [0.25, 0.3) is 10.8 Å². The Labute approximate surface area is 140 Å². The van der Waals surface area contributed by atoms with Gasteiger partial charge in [0.05, 0.1) is 7.11 Å². The van der Waals surface area contributed by atoms with Crippen LogP contribution in [-0.2, 0) is 9.53 Å². The summed E-state index contributed by atoms with van der Waals surface area (Å²) in [5.74, 6) is -0.447. The minimum atomic E-state index is -0.557. The van der Waals surface area contributed by atoms with Crippen LogP contribution in [-0.4, -0.2) is 41.7 Å². The third-order valence-corrected chi connectivity index (χ3v) is 3.67. The zero-order valence-corrected chi connectivity index (χ0v) is 13.9. The second-order valence-electron chi connectivity index (χ2n) is 4.53. The van der Waals surface area contributed by atoms with Crippen molar-refractivity contribution in [2.45, 2.75) is 0 Å². The van der Waals surface area contributed by atoms with E-state index in [9.17, 15) is 9.59 Å². The Balaban J connectivity index is 2.39. The van der Waals surface area contributed by atoms with Crippen molar-refractivity contribution in [2.24, 2.45) is 5.16 Å². The molecule has 0 aliphatic heterocycles. The number of carbonyl (C=O) groups excluding carboxylic acids is 2. The number of ether oxygens (including phenoxy) is 2. The van der Waals surface area contributed by atoms with Crippen molar-refractivity contribution in [3.05, 3.63) is 42.0 Å². The van der Waals surface area contributed by atoms with E-state index in [0.717, 1.165) is 5.39 Å². The molecule has 0 aliphatic carbocycles. The molecule has 7 heteroatoms. The molecule has 0 bridgehead atoms. The quantitative estimate of drug-likeness (QED) is 0.208. The molecule has 6 nitrogen and oxygen atoms in total. The Morgan fingerprint density at radius 2 is 1.87 bits per heavy atom. The van der Waals surface area contributed by atoms with Crippen molar-refractivity contribution >= 4 is 44.2 Å². The molecular formula is C16H14BrNO5. The van der Waals surface area contributed by atoms with Crippen molar-refractivity contribution < 1.29 is 24.3 Å². The van der Waals surface area contributed by atoms with Crippen LogP contribution >= 0.6 is 15.9 Å². The van der Waals surface area contributed by atoms with Gasteiger partial charge in [0, 0.05) is 10.9 Å². The van der Waals surface area contributed by atoms with Gasteiger partial charge in [-0.3, -0.25) is 9.59 Å². The van der Waals surface area contributed by atoms with Crippen molar-refractivity contribution in [3.8, 4) is 5.75 Å². The summed E-state index contributed by atoms with van der Waals surface area (Å²) in [6.45, 7) is -0.403. The minimum Gasteiger partial charge on any atom is -0.496 e. The number of fused-ring (bicyclic) bond motifs is 1. The van der Waals surface area contributed by atoms with Crippen molar-refractivity contribution in [2.75, 3.05) is 19.0 Å². The third-order valence-electron chi connectivity index (χ3n) is 3.21. The van der Waals surface area contributed by atoms with E-state index in [-0.39, 0.29) is 11.0 Å². The van der Waals surface area contributed by atoms with E-state index in [4.69, 9.17) is 14.7 Å². The molecule has 0 aliphatic rings. The van der Waals surface area contributed by atoms with Crippen LogP contribution in [0.3, 0.4) is 0 Å². The molecule has 2 aromatic rings. The molecule has 0 radical (unpaired) electrons. The first-order chi connectivity index (χ1) is 11.1. The standard InChI is InChI=1S/C16H14BrNO5/c1-22-14-7-6-12(10-4-2-3-5-11(10)14)16(20)13(18-21)9-23-15(19)8-17/h2-7,21H,8-9H2,1H3/b18-13+. The number of ketones is 1. The van der Waals surface area contributed by atoms with Crippen LogP contribution < -0.4 is 4.74 Å². The highest BCUT2D eigenvalue weighted by molar-refractivity contribution is 9.09. The molecule has 2 aromatic carbocycles. The second-order valence-corrected chi connectivity index (χ2v) is 5.09. The fourth-order valence-electron chi connectivity index (χ4n) is 2.13. The van der Waals surface area contributed by atoms with Gasteiger partial charge in [-0.1, -0.05) is 45.4 Å². The fourth-order valence-corrected chi connectivity index (χ4v) is 2.29. The SMILES string of the molecule is COc1ccc(C(=O)/C(COC(=O)CBr)=N/O)c2ccccc12. The van der Waals surface area contributed by atoms with Crippen molar-refractivity contribution in [1.82, 2.24) is 0 Å². The summed E-state index contributed by atoms with van der Waals surface area (Å²) in [5, 5.41) is 13.4. The topological polar surface area (TPSA) is 85.2 Å². The molecule has 23 heavy (non-hydrogen) atoms. The van der Waals surface area contributed by atoms with E-state index in [1.807, 2.05) is 12.1 Å². The predicted octanol–water partition coefficient (Wildman–Crippen LogP) is 2.80. The number of rotatable bonds is 6. The Morgan fingerprint density at radius 3 is 2.48 bits per heavy atom. The van der Waals surface area contributed by atoms with Gasteiger partial charge in [-0.25, -0.2) is 0 Å². The van der Waals surface area contributed by atoms with E-state index in [0.29, 0.717) is 16.7 Å². The molecule has 120 valence electrons. The average molecular weight is 380 g/mol. The number of esters is 1. The van der Waals surface area contributed by atoms with Crippen LogP contribution in [0.4, 0.5) is 0 Å². The Morgan fingerprint density at radius 1 is 1.17 bits per heavy atom. The zero-order chi connectivity index (χ0) is 16.8. The van der Waals surface area contributed by atoms with Crippen LogP contribution in [0.5, 0.6) is 5.75 Å². The van der Waals surface area contributed by atoms with Gasteiger partial charge in [-0.15, -0.1) is 0 Å². The van der Waals surface area contributed by atoms with Gasteiger partial charge in [-0.2, -0.15) is 0 Å². The molecule has 2 rings (SSSR count). The molecule has 0 saturated heterocycles. The zero-order valence-electron chi connectivity index (χ0n) is 12.3. The lowest BCUT2D eigenvalue weighted by molar-refractivity contribution is -0.138. The largest absolute Gasteiger partial charge is 0.496 e. The van der Waals surface area contributed by atoms with Crippen molar-refractivity contribution in [3.63, 3.8) is 0 Å². The second kappa shape index (κ2) is 7.73. The summed E-state index contributed by atoms with van der Waals surface area (Å²) in [6.07, 6.45) is 0. The number of methoxy groups -OCH3 is 1. The van der Waals surface area contributed by atoms with E-state index < -0.39 is 18.4 Å². The molecule has 0 amide bonds. The number of benzene rings is 2. The number of carbonyl (C=O) groups is 2. The van der Waals surface area contributed by atoms with Gasteiger partial charge in [0.2, 0.25) is 5.78 Å². The summed E-state index contributed by atoms with van der Waals surface area (Å²) in [6, 6.07) is 10.5. The molecule has 0 atom stereocenters. The lowest BCUT2D eigenvalue weighted by atomic mass is 9.98. The molecule has 0 fully saturated rings. The van der Waals surface area contributed by atoms with Crippen molar-refractivity contribution in [1.29, 1.82) is 0 Å². The molecule has 0 spiro atoms. The highest BCUT2D eigenvalue weighted by Gasteiger charge is 2.20. The minimum absolute atomic E-state index is 0.00857. The first kappa shape index (κ1) is 17.0. The maximum atomic E-state index is 12.6. The van der Waals surface area contributed by atoms with Gasteiger partial charge >= 0.3 is 5.97 Å². The highest BCUT2D eigenvalue weighted by Crippen LogP contribution is 2.28. The monoisotopic (exact) mass is 379 g/mol. The predicted molar refractivity (Wildman–Crippen MR) is 88.8 cm³/mol. The molecule has 1 N–H and O–H groups in total. The van der Waals surface area contributed by atoms with Gasteiger partial charge in [0.15, 0.2) is 5.71 Å². The number of alkyl halides is 1. The summed E-state index contributed by atoms with van der Waals surface area (Å²) in [4.78, 5) is 23.7. The maximum absolute atomic E-state index is 12.6. The summed E-state index contributed by atoms with van der Waals surface area (Å²) in [5.41, 5.74) is 0.0821. The van der Waals surface area contributed by atoms with Crippen LogP contribution in [0.1, 0.15) is 10.4 Å². The normalized spacial score (nSPS) is 11.3. The van der Waals surface area contributed by atoms with Crippen LogP contribution in [0.15, 0.2) is 41.6 Å². The first-order valence-electron chi connectivity index (χ1n) is 6.65. The molecule has 0 aromatic heterocycles. The number of oxime groups is 1. The number of hydrogen-bond acceptors (Lipinski definition) is 6. The van der Waals surface area contributed by atoms with E-state index >= 15 is 0 Å². The fraction of sp³-hybridized carbons (Fsp3) is 0.188. The summed E-state index contributed by atoms with van der Waals surface area (Å²) < 4.78 is 10.1. The lowest BCUT2D eigenvalue weighted by Gasteiger charge is -2.10. The molecule has 0 saturated carbocycles. The number of Topliss-reactive ketones (excluding diaryl/α,β-unsaturated/α-hetero) is 1. The Kier molecular flexibility index (Phi) is 5.70. The van der Waals surface area contributed by atoms with Gasteiger partial charge in [0.1, 0.15) is 17.7 Å². The highest BCUT2D eigenvalue weighted by atomic mass is 79.9. The summed E-state index contributed by atoms with van der Waals surface area (Å²) in [7, 11) is 1.55. The average Bonchev–Trinajstić information content (AvgIpc) is 2.60. The van der Waals surface area contributed by atoms with E-state index in [2.05, 4.69) is 21.1 Å². The Bertz CT molecular complexity index is 772. The smallest absolute Gasteiger partial charge is 0.316 e. The number of halogens is 1. The van der Waals surface area contributed by atoms with Gasteiger partial charge in [-0.05, 0) is 17.5 Å². The van der Waals surface area contributed by atoms with Crippen LogP contribution in [0, 0.1) is 0 Å². The third kappa shape index (κ3) is 3.68. The molecule has 0 unspecified atom stereocenters. The number of nitrogens with zero attached hydrogens (tertiary/aromatic N) is 1. The molecular weight excluding hydrogens is 366 g/mol. The van der Waals surface area contributed by atoms with Gasteiger partial charge < -0.3 is 14.7 Å². The summed E-state index contributed by atoms with van der Waals surface area (Å²) >= 11 is 2.94. The van der Waals surface area contributed by atoms with E-state index in [1.54, 1.807) is 31.4 Å². The molecule has 0 heterocycles. The lowest BCUT2D eigenvalue weighted by Crippen LogP contribution is -2.23. The van der Waals surface area contributed by atoms with Gasteiger partial charge in [0.25, 0.3) is 0 Å². The maximum Gasteiger partial charge on any atom is 0.316 e. The van der Waals surface area contributed by atoms with Crippen LogP contribution in [0.2, 0.25) is 0 Å². The number of hydrogen-bond donors (Lipinski definition) is 1. The first-order valence-corrected chi connectivity index (χ1v) is 7.77. The van der Waals surface area contributed by atoms with E-state index in [1.165, 1.54) is 0 Å².